The molecule has 2 N–H and O–H groups in total. The lowest BCUT2D eigenvalue weighted by molar-refractivity contribution is 0.0244. The minimum Gasteiger partial charge on any atom is -0.328 e. The summed E-state index contributed by atoms with van der Waals surface area (Å²) in [5.41, 5.74) is 6.19. The Balaban J connectivity index is 1.51. The Morgan fingerprint density at radius 3 is 2.33 bits per heavy atom. The topological polar surface area (TPSA) is 32.5 Å². The van der Waals surface area contributed by atoms with E-state index in [0.29, 0.717) is 6.04 Å². The molecule has 3 rings (SSSR count). The summed E-state index contributed by atoms with van der Waals surface area (Å²) in [6.45, 7) is 5.16. The van der Waals surface area contributed by atoms with Crippen molar-refractivity contribution in [1.29, 1.82) is 0 Å². The van der Waals surface area contributed by atoms with E-state index in [-0.39, 0.29) is 0 Å². The van der Waals surface area contributed by atoms with E-state index in [1.54, 1.807) is 0 Å². The first-order valence-corrected chi connectivity index (χ1v) is 8.80. The average Bonchev–Trinajstić information content (AvgIpc) is 2.37. The van der Waals surface area contributed by atoms with Crippen molar-refractivity contribution in [3.05, 3.63) is 0 Å². The van der Waals surface area contributed by atoms with E-state index in [2.05, 4.69) is 21.6 Å². The maximum atomic E-state index is 6.19. The van der Waals surface area contributed by atoms with Gasteiger partial charge >= 0.3 is 0 Å². The van der Waals surface area contributed by atoms with Crippen LogP contribution in [0.3, 0.4) is 0 Å². The third-order valence-electron chi connectivity index (χ3n) is 4.94. The van der Waals surface area contributed by atoms with Gasteiger partial charge in [-0.2, -0.15) is 11.8 Å². The average molecular weight is 269 g/mol. The number of hydrogen-bond acceptors (Lipinski definition) is 4. The van der Waals surface area contributed by atoms with Gasteiger partial charge in [0, 0.05) is 55.8 Å². The van der Waals surface area contributed by atoms with Gasteiger partial charge in [-0.25, -0.2) is 0 Å². The monoisotopic (exact) mass is 269 g/mol. The molecular formula is C14H27N3S. The van der Waals surface area contributed by atoms with Gasteiger partial charge in [-0.1, -0.05) is 6.42 Å². The SMILES string of the molecule is NC1CC2CCCC(C1)N2CCN1CCSCC1. The third-order valence-corrected chi connectivity index (χ3v) is 5.88. The molecule has 0 aromatic rings. The van der Waals surface area contributed by atoms with Crippen LogP contribution in [0.4, 0.5) is 0 Å². The molecule has 3 fully saturated rings. The fourth-order valence-corrected chi connectivity index (χ4v) is 4.95. The van der Waals surface area contributed by atoms with Crippen molar-refractivity contribution < 1.29 is 0 Å². The van der Waals surface area contributed by atoms with E-state index in [4.69, 9.17) is 5.73 Å². The quantitative estimate of drug-likeness (QED) is 0.839. The molecule has 0 aromatic carbocycles. The Kier molecular flexibility index (Phi) is 4.50. The van der Waals surface area contributed by atoms with Gasteiger partial charge in [0.05, 0.1) is 0 Å². The van der Waals surface area contributed by atoms with Crippen molar-refractivity contribution in [2.45, 2.75) is 50.2 Å². The molecule has 104 valence electrons. The molecule has 0 radical (unpaired) electrons. The summed E-state index contributed by atoms with van der Waals surface area (Å²) in [6.07, 6.45) is 6.69. The molecule has 3 nitrogen and oxygen atoms in total. The Hall–Kier alpha value is 0.230. The van der Waals surface area contributed by atoms with Crippen LogP contribution in [0.2, 0.25) is 0 Å². The van der Waals surface area contributed by atoms with E-state index in [1.807, 2.05) is 0 Å². The first-order valence-electron chi connectivity index (χ1n) is 7.64. The van der Waals surface area contributed by atoms with Crippen LogP contribution in [0.15, 0.2) is 0 Å². The Morgan fingerprint density at radius 1 is 1.00 bits per heavy atom. The van der Waals surface area contributed by atoms with Crippen molar-refractivity contribution in [2.75, 3.05) is 37.7 Å². The molecule has 3 aliphatic heterocycles. The van der Waals surface area contributed by atoms with Gasteiger partial charge < -0.3 is 10.6 Å². The summed E-state index contributed by atoms with van der Waals surface area (Å²) >= 11 is 2.11. The van der Waals surface area contributed by atoms with Crippen molar-refractivity contribution in [3.63, 3.8) is 0 Å². The lowest BCUT2D eigenvalue weighted by Gasteiger charge is -2.48. The van der Waals surface area contributed by atoms with Crippen LogP contribution < -0.4 is 5.73 Å². The van der Waals surface area contributed by atoms with Gasteiger partial charge in [-0.05, 0) is 25.7 Å². The number of thioether (sulfide) groups is 1. The minimum atomic E-state index is 0.475. The molecule has 3 saturated heterocycles. The maximum Gasteiger partial charge on any atom is 0.0115 e. The summed E-state index contributed by atoms with van der Waals surface area (Å²) < 4.78 is 0. The first-order chi connectivity index (χ1) is 8.83. The molecule has 0 saturated carbocycles. The van der Waals surface area contributed by atoms with Crippen LogP contribution in [0.25, 0.3) is 0 Å². The number of nitrogens with zero attached hydrogens (tertiary/aromatic N) is 2. The fraction of sp³-hybridized carbons (Fsp3) is 1.00. The van der Waals surface area contributed by atoms with E-state index in [9.17, 15) is 0 Å². The van der Waals surface area contributed by atoms with Gasteiger partial charge in [0.15, 0.2) is 0 Å². The van der Waals surface area contributed by atoms with Crippen LogP contribution in [0.5, 0.6) is 0 Å². The molecule has 0 aliphatic carbocycles. The summed E-state index contributed by atoms with van der Waals surface area (Å²) in [6, 6.07) is 2.07. The number of piperidine rings is 2. The highest BCUT2D eigenvalue weighted by Gasteiger charge is 2.36. The molecular weight excluding hydrogens is 242 g/mol. The van der Waals surface area contributed by atoms with E-state index in [0.717, 1.165) is 12.1 Å². The van der Waals surface area contributed by atoms with Crippen molar-refractivity contribution in [3.8, 4) is 0 Å². The molecule has 18 heavy (non-hydrogen) atoms. The van der Waals surface area contributed by atoms with Crippen LogP contribution in [-0.4, -0.2) is 65.6 Å². The number of hydrogen-bond donors (Lipinski definition) is 1. The molecule has 0 spiro atoms. The zero-order valence-electron chi connectivity index (χ0n) is 11.4. The number of nitrogens with two attached hydrogens (primary N) is 1. The molecule has 0 aromatic heterocycles. The fourth-order valence-electron chi connectivity index (χ4n) is 3.97. The lowest BCUT2D eigenvalue weighted by Crippen LogP contribution is -2.57. The van der Waals surface area contributed by atoms with Gasteiger partial charge in [0.2, 0.25) is 0 Å². The van der Waals surface area contributed by atoms with E-state index >= 15 is 0 Å². The Labute approximate surface area is 115 Å². The normalized spacial score (nSPS) is 38.8. The predicted molar refractivity (Wildman–Crippen MR) is 79.1 cm³/mol. The molecule has 3 aliphatic rings. The number of rotatable bonds is 3. The maximum absolute atomic E-state index is 6.19. The minimum absolute atomic E-state index is 0.475. The molecule has 0 amide bonds. The van der Waals surface area contributed by atoms with Gasteiger partial charge in [0.1, 0.15) is 0 Å². The second kappa shape index (κ2) is 6.12. The van der Waals surface area contributed by atoms with Crippen molar-refractivity contribution >= 4 is 11.8 Å². The smallest absolute Gasteiger partial charge is 0.0115 e. The highest BCUT2D eigenvalue weighted by Crippen LogP contribution is 2.33. The number of fused-ring (bicyclic) bond motifs is 2. The lowest BCUT2D eigenvalue weighted by atomic mass is 9.82. The first kappa shape index (κ1) is 13.2. The molecule has 2 atom stereocenters. The zero-order chi connectivity index (χ0) is 12.4. The van der Waals surface area contributed by atoms with Crippen molar-refractivity contribution in [1.82, 2.24) is 9.80 Å². The molecule has 4 heteroatoms. The Bertz CT molecular complexity index is 254. The van der Waals surface area contributed by atoms with Gasteiger partial charge in [0.25, 0.3) is 0 Å². The van der Waals surface area contributed by atoms with Crippen LogP contribution in [0.1, 0.15) is 32.1 Å². The summed E-state index contributed by atoms with van der Waals surface area (Å²) in [7, 11) is 0. The van der Waals surface area contributed by atoms with Crippen LogP contribution in [-0.2, 0) is 0 Å². The Morgan fingerprint density at radius 2 is 1.67 bits per heavy atom. The molecule has 2 bridgehead atoms. The highest BCUT2D eigenvalue weighted by molar-refractivity contribution is 7.99. The van der Waals surface area contributed by atoms with Gasteiger partial charge in [-0.15, -0.1) is 0 Å². The second-order valence-corrected chi connectivity index (χ2v) is 7.39. The summed E-state index contributed by atoms with van der Waals surface area (Å²) in [4.78, 5) is 5.45. The summed E-state index contributed by atoms with van der Waals surface area (Å²) in [5, 5.41) is 0. The van der Waals surface area contributed by atoms with Crippen LogP contribution in [0, 0.1) is 0 Å². The molecule has 3 heterocycles. The third kappa shape index (κ3) is 3.03. The molecule has 2 unspecified atom stereocenters. The van der Waals surface area contributed by atoms with E-state index < -0.39 is 0 Å². The zero-order valence-corrected chi connectivity index (χ0v) is 12.2. The van der Waals surface area contributed by atoms with Gasteiger partial charge in [-0.3, -0.25) is 4.90 Å². The standard InChI is InChI=1S/C14H27N3S/c15-12-10-13-2-1-3-14(11-12)17(13)5-4-16-6-8-18-9-7-16/h12-14H,1-11,15H2. The van der Waals surface area contributed by atoms with Crippen LogP contribution >= 0.6 is 11.8 Å². The summed E-state index contributed by atoms with van der Waals surface area (Å²) in [5.74, 6) is 2.66. The predicted octanol–water partition coefficient (Wildman–Crippen LogP) is 1.38. The second-order valence-electron chi connectivity index (χ2n) is 6.16. The van der Waals surface area contributed by atoms with Crippen molar-refractivity contribution in [2.24, 2.45) is 5.73 Å². The highest BCUT2D eigenvalue weighted by atomic mass is 32.2. The van der Waals surface area contributed by atoms with E-state index in [1.165, 1.54) is 69.8 Å². The largest absolute Gasteiger partial charge is 0.328 e.